The van der Waals surface area contributed by atoms with Gasteiger partial charge >= 0.3 is 0 Å². The number of hydrogen-bond donors (Lipinski definition) is 1. The van der Waals surface area contributed by atoms with Gasteiger partial charge in [0.15, 0.2) is 5.96 Å². The summed E-state index contributed by atoms with van der Waals surface area (Å²) in [7, 11) is 1.91. The maximum atomic E-state index is 5.47. The van der Waals surface area contributed by atoms with Crippen LogP contribution in [0.2, 0.25) is 0 Å². The molecular formula is C18H35N5O. The van der Waals surface area contributed by atoms with E-state index in [2.05, 4.69) is 25.0 Å². The van der Waals surface area contributed by atoms with E-state index in [1.807, 2.05) is 7.05 Å². The van der Waals surface area contributed by atoms with Gasteiger partial charge in [-0.2, -0.15) is 0 Å². The van der Waals surface area contributed by atoms with Crippen molar-refractivity contribution in [3.05, 3.63) is 0 Å². The summed E-state index contributed by atoms with van der Waals surface area (Å²) in [5, 5.41) is 3.57. The average Bonchev–Trinajstić information content (AvgIpc) is 3.31. The van der Waals surface area contributed by atoms with Crippen molar-refractivity contribution in [3.8, 4) is 0 Å². The van der Waals surface area contributed by atoms with Gasteiger partial charge < -0.3 is 19.9 Å². The topological polar surface area (TPSA) is 43.3 Å². The largest absolute Gasteiger partial charge is 0.379 e. The van der Waals surface area contributed by atoms with Crippen molar-refractivity contribution in [1.82, 2.24) is 20.0 Å². The number of rotatable bonds is 6. The Labute approximate surface area is 147 Å². The Morgan fingerprint density at radius 1 is 1.08 bits per heavy atom. The molecule has 138 valence electrons. The molecule has 3 saturated heterocycles. The van der Waals surface area contributed by atoms with Gasteiger partial charge in [-0.05, 0) is 51.7 Å². The van der Waals surface area contributed by atoms with Crippen molar-refractivity contribution >= 4 is 5.96 Å². The van der Waals surface area contributed by atoms with Crippen molar-refractivity contribution in [2.45, 2.75) is 38.1 Å². The monoisotopic (exact) mass is 337 g/mol. The Kier molecular flexibility index (Phi) is 7.17. The maximum absolute atomic E-state index is 5.47. The number of morpholine rings is 1. The first-order chi connectivity index (χ1) is 11.9. The van der Waals surface area contributed by atoms with E-state index in [0.717, 1.165) is 51.9 Å². The third kappa shape index (κ3) is 5.07. The molecule has 3 heterocycles. The summed E-state index contributed by atoms with van der Waals surface area (Å²) >= 11 is 0. The lowest BCUT2D eigenvalue weighted by Gasteiger charge is -2.32. The third-order valence-corrected chi connectivity index (χ3v) is 5.62. The molecule has 6 nitrogen and oxygen atoms in total. The van der Waals surface area contributed by atoms with Crippen molar-refractivity contribution in [2.24, 2.45) is 4.99 Å². The lowest BCUT2D eigenvalue weighted by Crippen LogP contribution is -2.46. The fourth-order valence-electron chi connectivity index (χ4n) is 4.17. The predicted molar refractivity (Wildman–Crippen MR) is 98.6 cm³/mol. The van der Waals surface area contributed by atoms with Gasteiger partial charge in [-0.1, -0.05) is 0 Å². The van der Waals surface area contributed by atoms with Gasteiger partial charge in [0.05, 0.1) is 13.2 Å². The number of nitrogens with zero attached hydrogens (tertiary/aromatic N) is 4. The first-order valence-corrected chi connectivity index (χ1v) is 9.86. The minimum Gasteiger partial charge on any atom is -0.379 e. The van der Waals surface area contributed by atoms with E-state index in [1.54, 1.807) is 0 Å². The van der Waals surface area contributed by atoms with Crippen LogP contribution in [0.1, 0.15) is 32.1 Å². The highest BCUT2D eigenvalue weighted by molar-refractivity contribution is 5.80. The minimum atomic E-state index is 0.669. The molecule has 3 aliphatic heterocycles. The Balaban J connectivity index is 1.32. The van der Waals surface area contributed by atoms with E-state index in [1.165, 1.54) is 51.7 Å². The second-order valence-corrected chi connectivity index (χ2v) is 7.27. The molecule has 0 aromatic carbocycles. The molecule has 0 aromatic rings. The molecule has 0 aromatic heterocycles. The zero-order valence-electron chi connectivity index (χ0n) is 15.4. The van der Waals surface area contributed by atoms with E-state index in [0.29, 0.717) is 6.04 Å². The summed E-state index contributed by atoms with van der Waals surface area (Å²) in [6.45, 7) is 11.1. The average molecular weight is 338 g/mol. The zero-order valence-corrected chi connectivity index (χ0v) is 15.4. The molecule has 3 rings (SSSR count). The van der Waals surface area contributed by atoms with Crippen LogP contribution in [0.5, 0.6) is 0 Å². The highest BCUT2D eigenvalue weighted by Crippen LogP contribution is 2.17. The summed E-state index contributed by atoms with van der Waals surface area (Å²) < 4.78 is 5.47. The van der Waals surface area contributed by atoms with E-state index in [4.69, 9.17) is 4.74 Å². The molecule has 0 spiro atoms. The van der Waals surface area contributed by atoms with Crippen molar-refractivity contribution in [2.75, 3.05) is 72.6 Å². The molecule has 1 atom stereocenters. The molecule has 1 unspecified atom stereocenters. The Morgan fingerprint density at radius 2 is 1.88 bits per heavy atom. The predicted octanol–water partition coefficient (Wildman–Crippen LogP) is 0.844. The van der Waals surface area contributed by atoms with Gasteiger partial charge in [0.2, 0.25) is 0 Å². The van der Waals surface area contributed by atoms with E-state index >= 15 is 0 Å². The van der Waals surface area contributed by atoms with Crippen LogP contribution in [-0.2, 0) is 4.74 Å². The Hall–Kier alpha value is -0.850. The first kappa shape index (κ1) is 18.0. The van der Waals surface area contributed by atoms with Gasteiger partial charge in [-0.25, -0.2) is 0 Å². The first-order valence-electron chi connectivity index (χ1n) is 9.86. The standard InChI is InChI=1S/C18H35N5O/c1-19-18(20-7-2-3-8-21-9-4-5-10-21)23-11-6-17(16-23)22-12-14-24-15-13-22/h17H,2-16H2,1H3,(H,19,20). The SMILES string of the molecule is CN=C(NCCCCN1CCCC1)N1CCC(N2CCOCC2)C1. The minimum absolute atomic E-state index is 0.669. The number of likely N-dealkylation sites (tertiary alicyclic amines) is 2. The van der Waals surface area contributed by atoms with Gasteiger partial charge in [0, 0.05) is 45.8 Å². The van der Waals surface area contributed by atoms with Crippen LogP contribution in [0.4, 0.5) is 0 Å². The highest BCUT2D eigenvalue weighted by Gasteiger charge is 2.30. The summed E-state index contributed by atoms with van der Waals surface area (Å²) in [6.07, 6.45) is 6.56. The van der Waals surface area contributed by atoms with Crippen LogP contribution >= 0.6 is 0 Å². The highest BCUT2D eigenvalue weighted by atomic mass is 16.5. The van der Waals surface area contributed by atoms with Crippen LogP contribution in [0.15, 0.2) is 4.99 Å². The molecule has 1 N–H and O–H groups in total. The van der Waals surface area contributed by atoms with Crippen LogP contribution in [0, 0.1) is 0 Å². The number of nitrogens with one attached hydrogen (secondary N) is 1. The molecule has 3 fully saturated rings. The molecule has 0 bridgehead atoms. The molecule has 6 heteroatoms. The Morgan fingerprint density at radius 3 is 2.62 bits per heavy atom. The van der Waals surface area contributed by atoms with Gasteiger partial charge in [-0.15, -0.1) is 0 Å². The number of aliphatic imine (C=N–C) groups is 1. The van der Waals surface area contributed by atoms with Crippen molar-refractivity contribution < 1.29 is 4.74 Å². The summed E-state index contributed by atoms with van der Waals surface area (Å²) in [4.78, 5) is 12.1. The number of hydrogen-bond acceptors (Lipinski definition) is 4. The van der Waals surface area contributed by atoms with Gasteiger partial charge in [0.1, 0.15) is 0 Å². The van der Waals surface area contributed by atoms with Gasteiger partial charge in [-0.3, -0.25) is 9.89 Å². The van der Waals surface area contributed by atoms with Crippen molar-refractivity contribution in [1.29, 1.82) is 0 Å². The quantitative estimate of drug-likeness (QED) is 0.442. The fraction of sp³-hybridized carbons (Fsp3) is 0.944. The molecule has 0 saturated carbocycles. The zero-order chi connectivity index (χ0) is 16.6. The molecule has 0 amide bonds. The fourth-order valence-corrected chi connectivity index (χ4v) is 4.17. The Bertz CT molecular complexity index is 391. The summed E-state index contributed by atoms with van der Waals surface area (Å²) in [5.74, 6) is 1.09. The molecular weight excluding hydrogens is 302 g/mol. The maximum Gasteiger partial charge on any atom is 0.193 e. The number of guanidine groups is 1. The van der Waals surface area contributed by atoms with E-state index in [-0.39, 0.29) is 0 Å². The second-order valence-electron chi connectivity index (χ2n) is 7.27. The van der Waals surface area contributed by atoms with Gasteiger partial charge in [0.25, 0.3) is 0 Å². The normalized spacial score (nSPS) is 27.1. The molecule has 3 aliphatic rings. The summed E-state index contributed by atoms with van der Waals surface area (Å²) in [5.41, 5.74) is 0. The number of unbranched alkanes of at least 4 members (excludes halogenated alkanes) is 1. The van der Waals surface area contributed by atoms with Crippen LogP contribution in [0.3, 0.4) is 0 Å². The van der Waals surface area contributed by atoms with Crippen LogP contribution < -0.4 is 5.32 Å². The second kappa shape index (κ2) is 9.59. The van der Waals surface area contributed by atoms with E-state index in [9.17, 15) is 0 Å². The van der Waals surface area contributed by atoms with Crippen molar-refractivity contribution in [3.63, 3.8) is 0 Å². The lowest BCUT2D eigenvalue weighted by molar-refractivity contribution is 0.0195. The van der Waals surface area contributed by atoms with Crippen LogP contribution in [0.25, 0.3) is 0 Å². The molecule has 0 radical (unpaired) electrons. The third-order valence-electron chi connectivity index (χ3n) is 5.62. The number of ether oxygens (including phenoxy) is 1. The molecule has 24 heavy (non-hydrogen) atoms. The molecule has 0 aliphatic carbocycles. The summed E-state index contributed by atoms with van der Waals surface area (Å²) in [6, 6.07) is 0.669. The smallest absolute Gasteiger partial charge is 0.193 e. The van der Waals surface area contributed by atoms with E-state index < -0.39 is 0 Å². The lowest BCUT2D eigenvalue weighted by atomic mass is 10.2. The van der Waals surface area contributed by atoms with Crippen LogP contribution in [-0.4, -0.2) is 99.3 Å².